The average Bonchev–Trinajstić information content (AvgIpc) is 2.98. The van der Waals surface area contributed by atoms with Crippen molar-refractivity contribution in [3.8, 4) is 28.9 Å². The van der Waals surface area contributed by atoms with E-state index in [0.717, 1.165) is 5.56 Å². The lowest BCUT2D eigenvalue weighted by Gasteiger charge is -2.15. The van der Waals surface area contributed by atoms with Crippen LogP contribution in [0.2, 0.25) is 0 Å². The maximum atomic E-state index is 13.5. The molecule has 4 aromatic carbocycles. The van der Waals surface area contributed by atoms with Gasteiger partial charge in [-0.3, -0.25) is 19.6 Å². The van der Waals surface area contributed by atoms with Gasteiger partial charge in [0.15, 0.2) is 0 Å². The molecule has 0 saturated heterocycles. The molecule has 1 heterocycles. The van der Waals surface area contributed by atoms with Crippen LogP contribution in [0.25, 0.3) is 28.0 Å². The fourth-order valence-corrected chi connectivity index (χ4v) is 4.11. The van der Waals surface area contributed by atoms with E-state index in [2.05, 4.69) is 16.9 Å². The minimum atomic E-state index is -0.750. The van der Waals surface area contributed by atoms with E-state index in [9.17, 15) is 14.9 Å². The summed E-state index contributed by atoms with van der Waals surface area (Å²) in [5.74, 6) is 0.757. The molecule has 5 rings (SSSR count). The minimum absolute atomic E-state index is 0.204. The van der Waals surface area contributed by atoms with Gasteiger partial charge in [-0.1, -0.05) is 54.6 Å². The topological polar surface area (TPSA) is 109 Å². The first-order valence-corrected chi connectivity index (χ1v) is 11.9. The lowest BCUT2D eigenvalue weighted by molar-refractivity contribution is 0.0929. The first-order valence-electron chi connectivity index (χ1n) is 11.9. The Bertz CT molecular complexity index is 1690. The van der Waals surface area contributed by atoms with Gasteiger partial charge in [0.2, 0.25) is 0 Å². The van der Waals surface area contributed by atoms with Crippen molar-refractivity contribution in [2.75, 3.05) is 7.11 Å². The molecule has 1 aromatic heterocycles. The van der Waals surface area contributed by atoms with Gasteiger partial charge in [0.25, 0.3) is 11.5 Å². The highest BCUT2D eigenvalue weighted by Crippen LogP contribution is 2.22. The number of carbonyl (C=O) groups excluding carboxylic acids is 1. The molecule has 8 heteroatoms. The lowest BCUT2D eigenvalue weighted by atomic mass is 10.1. The summed E-state index contributed by atoms with van der Waals surface area (Å²) >= 11 is 0. The first kappa shape index (κ1) is 24.4. The van der Waals surface area contributed by atoms with Gasteiger partial charge in [-0.25, -0.2) is 10.4 Å². The van der Waals surface area contributed by atoms with E-state index >= 15 is 0 Å². The van der Waals surface area contributed by atoms with Crippen LogP contribution in [-0.4, -0.2) is 22.6 Å². The number of hydrogen-bond donors (Lipinski definition) is 2. The Kier molecular flexibility index (Phi) is 6.93. The summed E-state index contributed by atoms with van der Waals surface area (Å²) in [5.41, 5.74) is 8.16. The molecule has 0 spiro atoms. The van der Waals surface area contributed by atoms with Gasteiger partial charge >= 0.3 is 0 Å². The Morgan fingerprint density at radius 2 is 1.61 bits per heavy atom. The van der Waals surface area contributed by atoms with Gasteiger partial charge in [-0.15, -0.1) is 0 Å². The quantitative estimate of drug-likeness (QED) is 0.317. The number of amides is 1. The zero-order chi connectivity index (χ0) is 26.5. The predicted molar refractivity (Wildman–Crippen MR) is 145 cm³/mol. The van der Waals surface area contributed by atoms with Crippen LogP contribution in [0.15, 0.2) is 108 Å². The van der Waals surface area contributed by atoms with Crippen LogP contribution < -0.4 is 21.1 Å². The Balaban J connectivity index is 1.41. The van der Waals surface area contributed by atoms with Crippen molar-refractivity contribution in [3.05, 3.63) is 125 Å². The second-order valence-electron chi connectivity index (χ2n) is 8.44. The monoisotopic (exact) mass is 501 g/mol. The minimum Gasteiger partial charge on any atom is -0.497 e. The zero-order valence-corrected chi connectivity index (χ0v) is 20.5. The smallest absolute Gasteiger partial charge is 0.266 e. The summed E-state index contributed by atoms with van der Waals surface area (Å²) in [6, 6.07) is 31.7. The van der Waals surface area contributed by atoms with E-state index in [-0.39, 0.29) is 5.56 Å². The number of aromatic nitrogens is 2. The second-order valence-corrected chi connectivity index (χ2v) is 8.44. The normalized spacial score (nSPS) is 11.5. The van der Waals surface area contributed by atoms with E-state index < -0.39 is 11.9 Å². The van der Waals surface area contributed by atoms with Crippen molar-refractivity contribution in [2.24, 2.45) is 0 Å². The van der Waals surface area contributed by atoms with Gasteiger partial charge in [-0.2, -0.15) is 5.26 Å². The van der Waals surface area contributed by atoms with Gasteiger partial charge in [-0.05, 0) is 54.1 Å². The maximum Gasteiger partial charge on any atom is 0.266 e. The van der Waals surface area contributed by atoms with Crippen LogP contribution in [0.1, 0.15) is 22.0 Å². The van der Waals surface area contributed by atoms with E-state index in [1.807, 2.05) is 42.5 Å². The van der Waals surface area contributed by atoms with Crippen LogP contribution in [-0.2, 0) is 0 Å². The molecular formula is C30H23N5O3. The Morgan fingerprint density at radius 1 is 0.921 bits per heavy atom. The van der Waals surface area contributed by atoms with Crippen LogP contribution in [0.4, 0.5) is 0 Å². The second kappa shape index (κ2) is 10.8. The summed E-state index contributed by atoms with van der Waals surface area (Å²) in [6.45, 7) is 0. The third-order valence-electron chi connectivity index (χ3n) is 6.10. The predicted octanol–water partition coefficient (Wildman–Crippen LogP) is 4.56. The largest absolute Gasteiger partial charge is 0.497 e. The van der Waals surface area contributed by atoms with Gasteiger partial charge < -0.3 is 4.74 Å². The number of rotatable bonds is 7. The number of nitriles is 1. The number of hydrogen-bond acceptors (Lipinski definition) is 6. The number of ether oxygens (including phenoxy) is 1. The SMILES string of the molecule is COc1ccc(C(C#N)NNC(=O)c2ccc(-n3c(-c4ccccc4)nc4ccccc4c3=O)cc2)cc1. The molecule has 1 amide bonds. The number of hydrazine groups is 1. The van der Waals surface area contributed by atoms with E-state index in [1.165, 1.54) is 0 Å². The van der Waals surface area contributed by atoms with Crippen molar-refractivity contribution >= 4 is 16.8 Å². The van der Waals surface area contributed by atoms with Gasteiger partial charge in [0, 0.05) is 11.1 Å². The highest BCUT2D eigenvalue weighted by atomic mass is 16.5. The summed E-state index contributed by atoms with van der Waals surface area (Å²) < 4.78 is 6.69. The molecule has 0 aliphatic heterocycles. The lowest BCUT2D eigenvalue weighted by Crippen LogP contribution is -2.39. The molecule has 0 fully saturated rings. The molecule has 38 heavy (non-hydrogen) atoms. The van der Waals surface area contributed by atoms with Crippen molar-refractivity contribution in [1.82, 2.24) is 20.4 Å². The summed E-state index contributed by atoms with van der Waals surface area (Å²) in [6.07, 6.45) is 0. The Hall–Kier alpha value is -5.26. The third kappa shape index (κ3) is 4.87. The van der Waals surface area contributed by atoms with Crippen molar-refractivity contribution in [3.63, 3.8) is 0 Å². The summed E-state index contributed by atoms with van der Waals surface area (Å²) in [7, 11) is 1.57. The Labute approximate surface area is 218 Å². The number of benzene rings is 4. The average molecular weight is 502 g/mol. The number of methoxy groups -OCH3 is 1. The third-order valence-corrected chi connectivity index (χ3v) is 6.10. The molecule has 0 saturated carbocycles. The molecule has 0 radical (unpaired) electrons. The number of nitrogens with one attached hydrogen (secondary N) is 2. The number of fused-ring (bicyclic) bond motifs is 1. The van der Waals surface area contributed by atoms with Crippen molar-refractivity contribution in [2.45, 2.75) is 6.04 Å². The van der Waals surface area contributed by atoms with Crippen LogP contribution in [0.3, 0.4) is 0 Å². The number of para-hydroxylation sites is 1. The number of nitrogens with zero attached hydrogens (tertiary/aromatic N) is 3. The molecule has 0 aliphatic carbocycles. The highest BCUT2D eigenvalue weighted by Gasteiger charge is 2.16. The van der Waals surface area contributed by atoms with Crippen LogP contribution in [0, 0.1) is 11.3 Å². The van der Waals surface area contributed by atoms with Gasteiger partial charge in [0.1, 0.15) is 17.6 Å². The van der Waals surface area contributed by atoms with Gasteiger partial charge in [0.05, 0.1) is 29.8 Å². The van der Waals surface area contributed by atoms with E-state index in [1.54, 1.807) is 72.3 Å². The molecule has 5 aromatic rings. The van der Waals surface area contributed by atoms with Crippen molar-refractivity contribution in [1.29, 1.82) is 5.26 Å². The molecule has 2 N–H and O–H groups in total. The van der Waals surface area contributed by atoms with Crippen LogP contribution >= 0.6 is 0 Å². The summed E-state index contributed by atoms with van der Waals surface area (Å²) in [4.78, 5) is 31.1. The Morgan fingerprint density at radius 3 is 2.29 bits per heavy atom. The summed E-state index contributed by atoms with van der Waals surface area (Å²) in [5, 5.41) is 10.0. The maximum absolute atomic E-state index is 13.5. The fraction of sp³-hybridized carbons (Fsp3) is 0.0667. The highest BCUT2D eigenvalue weighted by molar-refractivity contribution is 5.94. The molecule has 8 nitrogen and oxygen atoms in total. The molecule has 1 atom stereocenters. The molecule has 0 aliphatic rings. The van der Waals surface area contributed by atoms with Crippen molar-refractivity contribution < 1.29 is 9.53 Å². The first-order chi connectivity index (χ1) is 18.6. The van der Waals surface area contributed by atoms with Crippen LogP contribution in [0.5, 0.6) is 5.75 Å². The molecule has 0 bridgehead atoms. The molecular weight excluding hydrogens is 478 g/mol. The number of carbonyl (C=O) groups is 1. The molecule has 1 unspecified atom stereocenters. The molecule has 186 valence electrons. The van der Waals surface area contributed by atoms with E-state index in [4.69, 9.17) is 9.72 Å². The zero-order valence-electron chi connectivity index (χ0n) is 20.5. The fourth-order valence-electron chi connectivity index (χ4n) is 4.11. The standard InChI is InChI=1S/C30H23N5O3/c1-38-24-17-13-20(14-18-24)27(19-31)33-34-29(36)22-11-15-23(16-12-22)35-28(21-7-3-2-4-8-21)32-26-10-6-5-9-25(26)30(35)37/h2-18,27,33H,1H3,(H,34,36). The van der Waals surface area contributed by atoms with E-state index in [0.29, 0.717) is 39.3 Å².